The zero-order chi connectivity index (χ0) is 20.7. The minimum atomic E-state index is -0.0799. The van der Waals surface area contributed by atoms with Crippen molar-refractivity contribution in [2.24, 2.45) is 23.2 Å². The third-order valence-electron chi connectivity index (χ3n) is 7.59. The molecule has 1 N–H and O–H groups in total. The highest BCUT2D eigenvalue weighted by atomic mass is 16.6. The molecule has 4 fully saturated rings. The van der Waals surface area contributed by atoms with E-state index in [2.05, 4.69) is 5.32 Å². The van der Waals surface area contributed by atoms with Crippen LogP contribution < -0.4 is 14.8 Å². The summed E-state index contributed by atoms with van der Waals surface area (Å²) < 4.78 is 11.2. The number of benzene rings is 1. The Hall–Kier alpha value is -2.24. The van der Waals surface area contributed by atoms with E-state index in [1.165, 1.54) is 38.5 Å². The molecule has 0 spiro atoms. The molecule has 6 rings (SSSR count). The molecule has 5 aliphatic rings. The summed E-state index contributed by atoms with van der Waals surface area (Å²) in [7, 11) is 1.77. The summed E-state index contributed by atoms with van der Waals surface area (Å²) in [5.74, 6) is 3.94. The summed E-state index contributed by atoms with van der Waals surface area (Å²) in [6, 6.07) is 5.75. The van der Waals surface area contributed by atoms with Gasteiger partial charge in [-0.05, 0) is 79.4 Å². The number of hydrogen-bond acceptors (Lipinski definition) is 4. The van der Waals surface area contributed by atoms with Crippen LogP contribution in [0.3, 0.4) is 0 Å². The average molecular weight is 413 g/mol. The van der Waals surface area contributed by atoms with Crippen molar-refractivity contribution in [2.45, 2.75) is 51.5 Å². The number of ether oxygens (including phenoxy) is 2. The molecule has 0 aromatic heterocycles. The van der Waals surface area contributed by atoms with Crippen LogP contribution in [0.1, 0.15) is 50.5 Å². The van der Waals surface area contributed by atoms with Gasteiger partial charge < -0.3 is 19.7 Å². The minimum absolute atomic E-state index is 0.0398. The molecule has 4 aliphatic carbocycles. The fourth-order valence-electron chi connectivity index (χ4n) is 6.77. The lowest BCUT2D eigenvalue weighted by atomic mass is 9.49. The molecule has 1 aromatic carbocycles. The summed E-state index contributed by atoms with van der Waals surface area (Å²) in [5, 5.41) is 2.90. The Bertz CT molecular complexity index is 801. The van der Waals surface area contributed by atoms with Gasteiger partial charge >= 0.3 is 0 Å². The number of hydrogen-bond donors (Lipinski definition) is 1. The normalized spacial score (nSPS) is 30.8. The molecule has 0 atom stereocenters. The first-order chi connectivity index (χ1) is 14.5. The molecule has 2 amide bonds. The van der Waals surface area contributed by atoms with E-state index in [4.69, 9.17) is 9.47 Å². The van der Waals surface area contributed by atoms with Crippen molar-refractivity contribution in [3.63, 3.8) is 0 Å². The Labute approximate surface area is 178 Å². The number of carbonyl (C=O) groups excluding carboxylic acids is 2. The zero-order valence-corrected chi connectivity index (χ0v) is 17.8. The van der Waals surface area contributed by atoms with Crippen LogP contribution in [-0.4, -0.2) is 43.5 Å². The van der Waals surface area contributed by atoms with Crippen LogP contribution >= 0.6 is 0 Å². The summed E-state index contributed by atoms with van der Waals surface area (Å²) in [6.45, 7) is 1.64. The second-order valence-corrected chi connectivity index (χ2v) is 10.1. The van der Waals surface area contributed by atoms with Crippen molar-refractivity contribution in [1.29, 1.82) is 0 Å². The molecule has 1 aromatic rings. The van der Waals surface area contributed by atoms with Crippen LogP contribution in [-0.2, 0) is 16.1 Å². The van der Waals surface area contributed by atoms with E-state index in [0.29, 0.717) is 26.2 Å². The molecule has 0 radical (unpaired) electrons. The standard InChI is InChI=1S/C24H32N2O4/c1-26(15-16-2-3-20-21(9-16)30-5-4-29-20)23(28)14-25-22(27)13-24-10-17-6-18(11-24)8-19(7-17)12-24/h2-3,9,17-19H,4-8,10-15H2,1H3,(H,25,27). The minimum Gasteiger partial charge on any atom is -0.486 e. The highest BCUT2D eigenvalue weighted by Gasteiger charge is 2.51. The molecule has 162 valence electrons. The van der Waals surface area contributed by atoms with Crippen LogP contribution in [0, 0.1) is 23.2 Å². The van der Waals surface area contributed by atoms with Crippen molar-refractivity contribution in [3.05, 3.63) is 23.8 Å². The molecule has 1 heterocycles. The van der Waals surface area contributed by atoms with Gasteiger partial charge in [0, 0.05) is 20.0 Å². The van der Waals surface area contributed by atoms with E-state index < -0.39 is 0 Å². The number of nitrogens with zero attached hydrogens (tertiary/aromatic N) is 1. The number of rotatable bonds is 6. The van der Waals surface area contributed by atoms with Crippen LogP contribution in [0.2, 0.25) is 0 Å². The first kappa shape index (κ1) is 19.7. The maximum Gasteiger partial charge on any atom is 0.242 e. The van der Waals surface area contributed by atoms with Gasteiger partial charge in [0.05, 0.1) is 6.54 Å². The highest BCUT2D eigenvalue weighted by molar-refractivity contribution is 5.85. The van der Waals surface area contributed by atoms with Gasteiger partial charge in [-0.1, -0.05) is 6.07 Å². The van der Waals surface area contributed by atoms with Crippen LogP contribution in [0.4, 0.5) is 0 Å². The second kappa shape index (κ2) is 7.78. The lowest BCUT2D eigenvalue weighted by Gasteiger charge is -2.56. The first-order valence-electron chi connectivity index (χ1n) is 11.4. The van der Waals surface area contributed by atoms with Crippen LogP contribution in [0.5, 0.6) is 11.5 Å². The smallest absolute Gasteiger partial charge is 0.242 e. The van der Waals surface area contributed by atoms with Crippen molar-refractivity contribution < 1.29 is 19.1 Å². The van der Waals surface area contributed by atoms with E-state index in [1.807, 2.05) is 18.2 Å². The van der Waals surface area contributed by atoms with Crippen molar-refractivity contribution in [3.8, 4) is 11.5 Å². The van der Waals surface area contributed by atoms with Gasteiger partial charge in [-0.3, -0.25) is 9.59 Å². The molecule has 30 heavy (non-hydrogen) atoms. The van der Waals surface area contributed by atoms with Gasteiger partial charge in [0.25, 0.3) is 0 Å². The maximum atomic E-state index is 12.7. The van der Waals surface area contributed by atoms with E-state index >= 15 is 0 Å². The predicted molar refractivity (Wildman–Crippen MR) is 112 cm³/mol. The average Bonchev–Trinajstić information content (AvgIpc) is 2.70. The lowest BCUT2D eigenvalue weighted by molar-refractivity contribution is -0.135. The van der Waals surface area contributed by atoms with Gasteiger partial charge in [0.1, 0.15) is 13.2 Å². The zero-order valence-electron chi connectivity index (χ0n) is 17.8. The number of fused-ring (bicyclic) bond motifs is 1. The fourth-order valence-corrected chi connectivity index (χ4v) is 6.77. The Morgan fingerprint density at radius 1 is 1.03 bits per heavy atom. The van der Waals surface area contributed by atoms with Gasteiger partial charge in [-0.2, -0.15) is 0 Å². The second-order valence-electron chi connectivity index (χ2n) is 10.1. The number of amides is 2. The summed E-state index contributed by atoms with van der Waals surface area (Å²) in [5.41, 5.74) is 1.19. The summed E-state index contributed by atoms with van der Waals surface area (Å²) >= 11 is 0. The maximum absolute atomic E-state index is 12.7. The summed E-state index contributed by atoms with van der Waals surface area (Å²) in [6.07, 6.45) is 8.37. The van der Waals surface area contributed by atoms with E-state index in [0.717, 1.165) is 34.8 Å². The van der Waals surface area contributed by atoms with E-state index in [-0.39, 0.29) is 23.8 Å². The van der Waals surface area contributed by atoms with E-state index in [1.54, 1.807) is 11.9 Å². The number of carbonyl (C=O) groups is 2. The molecule has 0 unspecified atom stereocenters. The predicted octanol–water partition coefficient (Wildman–Crippen LogP) is 3.14. The Kier molecular flexibility index (Phi) is 5.11. The molecule has 0 saturated heterocycles. The quantitative estimate of drug-likeness (QED) is 0.780. The van der Waals surface area contributed by atoms with Gasteiger partial charge in [-0.25, -0.2) is 0 Å². The van der Waals surface area contributed by atoms with E-state index in [9.17, 15) is 9.59 Å². The topological polar surface area (TPSA) is 67.9 Å². The highest BCUT2D eigenvalue weighted by Crippen LogP contribution is 2.61. The Balaban J connectivity index is 1.11. The van der Waals surface area contributed by atoms with Crippen LogP contribution in [0.15, 0.2) is 18.2 Å². The van der Waals surface area contributed by atoms with Crippen LogP contribution in [0.25, 0.3) is 0 Å². The largest absolute Gasteiger partial charge is 0.486 e. The molecule has 6 nitrogen and oxygen atoms in total. The third kappa shape index (κ3) is 4.01. The third-order valence-corrected chi connectivity index (χ3v) is 7.59. The number of likely N-dealkylation sites (N-methyl/N-ethyl adjacent to an activating group) is 1. The fraction of sp³-hybridized carbons (Fsp3) is 0.667. The van der Waals surface area contributed by atoms with Gasteiger partial charge in [0.2, 0.25) is 11.8 Å². The molecule has 1 aliphatic heterocycles. The van der Waals surface area contributed by atoms with Crippen molar-refractivity contribution in [1.82, 2.24) is 10.2 Å². The van der Waals surface area contributed by atoms with Crippen molar-refractivity contribution in [2.75, 3.05) is 26.8 Å². The van der Waals surface area contributed by atoms with Crippen molar-refractivity contribution >= 4 is 11.8 Å². The Morgan fingerprint density at radius 2 is 1.67 bits per heavy atom. The number of nitrogens with one attached hydrogen (secondary N) is 1. The first-order valence-corrected chi connectivity index (χ1v) is 11.4. The molecule has 4 bridgehead atoms. The molecular formula is C24H32N2O4. The lowest BCUT2D eigenvalue weighted by Crippen LogP contribution is -2.48. The Morgan fingerprint density at radius 3 is 2.33 bits per heavy atom. The summed E-state index contributed by atoms with van der Waals surface area (Å²) in [4.78, 5) is 26.9. The molecule has 6 heteroatoms. The molecule has 4 saturated carbocycles. The van der Waals surface area contributed by atoms with Gasteiger partial charge in [-0.15, -0.1) is 0 Å². The van der Waals surface area contributed by atoms with Gasteiger partial charge in [0.15, 0.2) is 11.5 Å². The SMILES string of the molecule is CN(Cc1ccc2c(c1)OCCO2)C(=O)CNC(=O)CC12CC3CC(CC(C3)C1)C2. The molecular weight excluding hydrogens is 380 g/mol. The monoisotopic (exact) mass is 412 g/mol.